The van der Waals surface area contributed by atoms with E-state index in [-0.39, 0.29) is 0 Å². The molecule has 0 bridgehead atoms. The maximum Gasteiger partial charge on any atom is 0.176 e. The standard InChI is InChI=1S/C10H12N4S/c1-6-9(15-7(2)12-6)10-13-11-5-14(10)8-3-4-8/h5,8H,3-4H2,1-2H3. The zero-order chi connectivity index (χ0) is 10.4. The SMILES string of the molecule is Cc1nc(C)c(-c2nncn2C2CC2)s1. The van der Waals surface area contributed by atoms with Crippen LogP contribution in [0.3, 0.4) is 0 Å². The third kappa shape index (κ3) is 1.47. The molecular formula is C10H12N4S. The molecule has 1 aliphatic carbocycles. The Morgan fingerprint density at radius 2 is 2.20 bits per heavy atom. The molecule has 1 fully saturated rings. The van der Waals surface area contributed by atoms with E-state index in [1.54, 1.807) is 11.3 Å². The van der Waals surface area contributed by atoms with Gasteiger partial charge in [-0.3, -0.25) is 0 Å². The van der Waals surface area contributed by atoms with Gasteiger partial charge in [0.2, 0.25) is 0 Å². The molecule has 2 heterocycles. The second-order valence-electron chi connectivity index (χ2n) is 3.94. The van der Waals surface area contributed by atoms with Crippen LogP contribution in [0.1, 0.15) is 29.6 Å². The zero-order valence-electron chi connectivity index (χ0n) is 8.77. The van der Waals surface area contributed by atoms with E-state index in [2.05, 4.69) is 19.7 Å². The van der Waals surface area contributed by atoms with E-state index >= 15 is 0 Å². The number of rotatable bonds is 2. The summed E-state index contributed by atoms with van der Waals surface area (Å²) in [6, 6.07) is 0.622. The lowest BCUT2D eigenvalue weighted by molar-refractivity contribution is 0.746. The van der Waals surface area contributed by atoms with Crippen LogP contribution in [0.2, 0.25) is 0 Å². The predicted molar refractivity (Wildman–Crippen MR) is 58.9 cm³/mol. The van der Waals surface area contributed by atoms with Crippen LogP contribution in [0.25, 0.3) is 10.7 Å². The molecule has 0 radical (unpaired) electrons. The van der Waals surface area contributed by atoms with Crippen molar-refractivity contribution in [3.05, 3.63) is 17.0 Å². The van der Waals surface area contributed by atoms with Gasteiger partial charge in [-0.25, -0.2) is 4.98 Å². The maximum absolute atomic E-state index is 4.43. The Bertz CT molecular complexity index is 495. The highest BCUT2D eigenvalue weighted by atomic mass is 32.1. The lowest BCUT2D eigenvalue weighted by Gasteiger charge is -2.01. The summed E-state index contributed by atoms with van der Waals surface area (Å²) < 4.78 is 2.18. The maximum atomic E-state index is 4.43. The van der Waals surface area contributed by atoms with Gasteiger partial charge in [-0.05, 0) is 26.7 Å². The first-order chi connectivity index (χ1) is 7.25. The molecule has 15 heavy (non-hydrogen) atoms. The molecule has 5 heteroatoms. The van der Waals surface area contributed by atoms with E-state index in [1.165, 1.54) is 12.8 Å². The molecule has 0 atom stereocenters. The van der Waals surface area contributed by atoms with Gasteiger partial charge in [0.1, 0.15) is 6.33 Å². The topological polar surface area (TPSA) is 43.6 Å². The molecule has 0 aromatic carbocycles. The summed E-state index contributed by atoms with van der Waals surface area (Å²) in [6.45, 7) is 4.06. The second kappa shape index (κ2) is 3.13. The number of thiazole rings is 1. The Labute approximate surface area is 92.0 Å². The van der Waals surface area contributed by atoms with Crippen molar-refractivity contribution in [2.45, 2.75) is 32.7 Å². The van der Waals surface area contributed by atoms with Crippen LogP contribution in [0, 0.1) is 13.8 Å². The molecule has 2 aromatic heterocycles. The van der Waals surface area contributed by atoms with Crippen LogP contribution in [0.4, 0.5) is 0 Å². The van der Waals surface area contributed by atoms with Gasteiger partial charge in [0.05, 0.1) is 15.6 Å². The minimum absolute atomic E-state index is 0.622. The molecule has 0 N–H and O–H groups in total. The molecule has 78 valence electrons. The highest BCUT2D eigenvalue weighted by Gasteiger charge is 2.27. The first-order valence-electron chi connectivity index (χ1n) is 5.09. The van der Waals surface area contributed by atoms with Crippen LogP contribution in [-0.2, 0) is 0 Å². The Kier molecular flexibility index (Phi) is 1.88. The Morgan fingerprint density at radius 1 is 1.40 bits per heavy atom. The largest absolute Gasteiger partial charge is 0.310 e. The minimum atomic E-state index is 0.622. The fraction of sp³-hybridized carbons (Fsp3) is 0.500. The quantitative estimate of drug-likeness (QED) is 0.780. The van der Waals surface area contributed by atoms with Crippen LogP contribution < -0.4 is 0 Å². The van der Waals surface area contributed by atoms with Crippen molar-refractivity contribution in [2.75, 3.05) is 0 Å². The van der Waals surface area contributed by atoms with E-state index in [0.717, 1.165) is 21.4 Å². The predicted octanol–water partition coefficient (Wildman–Crippen LogP) is 2.35. The number of aromatic nitrogens is 4. The summed E-state index contributed by atoms with van der Waals surface area (Å²) in [7, 11) is 0. The Morgan fingerprint density at radius 3 is 2.80 bits per heavy atom. The summed E-state index contributed by atoms with van der Waals surface area (Å²) in [5.74, 6) is 0.987. The average Bonchev–Trinajstić information content (AvgIpc) is 2.83. The lowest BCUT2D eigenvalue weighted by Crippen LogP contribution is -1.95. The van der Waals surface area contributed by atoms with Gasteiger partial charge >= 0.3 is 0 Å². The van der Waals surface area contributed by atoms with Gasteiger partial charge < -0.3 is 4.57 Å². The van der Waals surface area contributed by atoms with Crippen molar-refractivity contribution < 1.29 is 0 Å². The third-order valence-corrected chi connectivity index (χ3v) is 3.69. The second-order valence-corrected chi connectivity index (χ2v) is 5.14. The van der Waals surface area contributed by atoms with Gasteiger partial charge in [-0.15, -0.1) is 21.5 Å². The molecule has 1 saturated carbocycles. The molecule has 4 nitrogen and oxygen atoms in total. The first-order valence-corrected chi connectivity index (χ1v) is 5.91. The van der Waals surface area contributed by atoms with Crippen LogP contribution >= 0.6 is 11.3 Å². The van der Waals surface area contributed by atoms with Crippen molar-refractivity contribution in [1.29, 1.82) is 0 Å². The Balaban J connectivity index is 2.11. The summed E-state index contributed by atoms with van der Waals surface area (Å²) >= 11 is 1.70. The molecule has 0 amide bonds. The molecule has 0 aliphatic heterocycles. The molecule has 3 rings (SSSR count). The van der Waals surface area contributed by atoms with Gasteiger partial charge in [0.15, 0.2) is 5.82 Å². The monoisotopic (exact) mass is 220 g/mol. The van der Waals surface area contributed by atoms with Crippen LogP contribution in [0.15, 0.2) is 6.33 Å². The van der Waals surface area contributed by atoms with Gasteiger partial charge in [0.25, 0.3) is 0 Å². The highest BCUT2D eigenvalue weighted by Crippen LogP contribution is 2.39. The average molecular weight is 220 g/mol. The number of aryl methyl sites for hydroxylation is 2. The summed E-state index contributed by atoms with van der Waals surface area (Å²) in [5.41, 5.74) is 1.06. The molecule has 2 aromatic rings. The van der Waals surface area contributed by atoms with Crippen molar-refractivity contribution >= 4 is 11.3 Å². The molecule has 1 aliphatic rings. The van der Waals surface area contributed by atoms with E-state index in [1.807, 2.05) is 20.2 Å². The number of hydrogen-bond donors (Lipinski definition) is 0. The molecule has 0 unspecified atom stereocenters. The van der Waals surface area contributed by atoms with Gasteiger partial charge in [-0.1, -0.05) is 0 Å². The van der Waals surface area contributed by atoms with Crippen molar-refractivity contribution in [3.63, 3.8) is 0 Å². The normalized spacial score (nSPS) is 15.9. The summed E-state index contributed by atoms with van der Waals surface area (Å²) in [5, 5.41) is 9.30. The smallest absolute Gasteiger partial charge is 0.176 e. The fourth-order valence-electron chi connectivity index (χ4n) is 1.76. The fourth-order valence-corrected chi connectivity index (χ4v) is 2.67. The summed E-state index contributed by atoms with van der Waals surface area (Å²) in [4.78, 5) is 5.59. The number of nitrogens with zero attached hydrogens (tertiary/aromatic N) is 4. The zero-order valence-corrected chi connectivity index (χ0v) is 9.58. The van der Waals surface area contributed by atoms with Crippen molar-refractivity contribution in [2.24, 2.45) is 0 Å². The Hall–Kier alpha value is -1.23. The van der Waals surface area contributed by atoms with E-state index in [9.17, 15) is 0 Å². The first kappa shape index (κ1) is 9.03. The van der Waals surface area contributed by atoms with E-state index < -0.39 is 0 Å². The van der Waals surface area contributed by atoms with E-state index in [4.69, 9.17) is 0 Å². The van der Waals surface area contributed by atoms with Crippen molar-refractivity contribution in [1.82, 2.24) is 19.7 Å². The van der Waals surface area contributed by atoms with Crippen LogP contribution in [-0.4, -0.2) is 19.7 Å². The lowest BCUT2D eigenvalue weighted by atomic mass is 10.3. The van der Waals surface area contributed by atoms with Gasteiger partial charge in [0, 0.05) is 6.04 Å². The molecular weight excluding hydrogens is 208 g/mol. The highest BCUT2D eigenvalue weighted by molar-refractivity contribution is 7.15. The molecule has 0 saturated heterocycles. The van der Waals surface area contributed by atoms with Gasteiger partial charge in [-0.2, -0.15) is 0 Å². The summed E-state index contributed by atoms with van der Waals surface area (Å²) in [6.07, 6.45) is 4.34. The van der Waals surface area contributed by atoms with Crippen molar-refractivity contribution in [3.8, 4) is 10.7 Å². The van der Waals surface area contributed by atoms with E-state index in [0.29, 0.717) is 6.04 Å². The minimum Gasteiger partial charge on any atom is -0.310 e. The van der Waals surface area contributed by atoms with Crippen LogP contribution in [0.5, 0.6) is 0 Å². The number of hydrogen-bond acceptors (Lipinski definition) is 4. The third-order valence-electron chi connectivity index (χ3n) is 2.62. The molecule has 0 spiro atoms.